The Labute approximate surface area is 304 Å². The van der Waals surface area contributed by atoms with E-state index in [1.165, 1.54) is 24.9 Å². The summed E-state index contributed by atoms with van der Waals surface area (Å²) in [4.78, 5) is 65.4. The molecule has 2 heterocycles. The van der Waals surface area contributed by atoms with Crippen molar-refractivity contribution in [2.75, 3.05) is 34.0 Å². The standard InChI is InChI=1S/C35H32N4O13S/c1-6-49-28-16-21(9-12-25(28)51-18-30(40)48-5)32-31(34(42)50-7-2)19(3)36-35-37(32)33(41)29(53-35)15-20-8-11-26(27(14-20)47-4)52-24-13-10-22(38(43)44)17-23(24)39(45)46/h8-17,32H,6-7,18H2,1-5H3/b29-15-/t32-/m1/s1. The van der Waals surface area contributed by atoms with Crippen LogP contribution >= 0.6 is 11.3 Å². The van der Waals surface area contributed by atoms with Crippen LogP contribution in [0.5, 0.6) is 28.7 Å². The van der Waals surface area contributed by atoms with E-state index < -0.39 is 44.8 Å². The molecule has 0 spiro atoms. The molecule has 1 atom stereocenters. The maximum absolute atomic E-state index is 14.2. The van der Waals surface area contributed by atoms with Crippen LogP contribution in [0.4, 0.5) is 11.4 Å². The Morgan fingerprint density at radius 1 is 0.906 bits per heavy atom. The van der Waals surface area contributed by atoms with Crippen LogP contribution in [0.1, 0.15) is 37.9 Å². The summed E-state index contributed by atoms with van der Waals surface area (Å²) in [6.45, 7) is 5.03. The third-order valence-corrected chi connectivity index (χ3v) is 8.71. The molecular weight excluding hydrogens is 716 g/mol. The first kappa shape index (κ1) is 37.7. The van der Waals surface area contributed by atoms with Gasteiger partial charge in [-0.25, -0.2) is 14.6 Å². The molecule has 1 aliphatic rings. The van der Waals surface area contributed by atoms with Crippen molar-refractivity contribution in [1.29, 1.82) is 0 Å². The average Bonchev–Trinajstić information content (AvgIpc) is 3.44. The number of nitro benzene ring substituents is 2. The Morgan fingerprint density at radius 3 is 2.30 bits per heavy atom. The number of carbonyl (C=O) groups is 2. The molecule has 0 aliphatic carbocycles. The van der Waals surface area contributed by atoms with Gasteiger partial charge in [-0.1, -0.05) is 23.5 Å². The van der Waals surface area contributed by atoms with Crippen molar-refractivity contribution in [3.05, 3.63) is 117 Å². The number of aromatic nitrogens is 1. The van der Waals surface area contributed by atoms with Crippen LogP contribution in [0, 0.1) is 20.2 Å². The summed E-state index contributed by atoms with van der Waals surface area (Å²) in [5.41, 5.74) is -0.119. The molecule has 18 heteroatoms. The molecule has 17 nitrogen and oxygen atoms in total. The minimum atomic E-state index is -0.982. The zero-order valence-electron chi connectivity index (χ0n) is 29.0. The van der Waals surface area contributed by atoms with Gasteiger partial charge in [0.2, 0.25) is 5.75 Å². The van der Waals surface area contributed by atoms with Gasteiger partial charge >= 0.3 is 17.6 Å². The molecule has 3 aromatic carbocycles. The fourth-order valence-corrected chi connectivity index (χ4v) is 6.41. The number of hydrogen-bond donors (Lipinski definition) is 0. The van der Waals surface area contributed by atoms with Gasteiger partial charge in [-0.3, -0.25) is 29.6 Å². The lowest BCUT2D eigenvalue weighted by Crippen LogP contribution is -2.40. The fraction of sp³-hybridized carbons (Fsp3) is 0.257. The van der Waals surface area contributed by atoms with Crippen molar-refractivity contribution in [3.63, 3.8) is 0 Å². The second-order valence-electron chi connectivity index (χ2n) is 11.0. The SMILES string of the molecule is CCOC(=O)C1=C(C)N=c2s/c(=C\c3ccc(Oc4ccc([N+](=O)[O-])cc4[N+](=O)[O-])c(OC)c3)c(=O)n2[C@@H]1c1ccc(OCC(=O)OC)c(OCC)c1. The molecule has 0 N–H and O–H groups in total. The lowest BCUT2D eigenvalue weighted by molar-refractivity contribution is -0.394. The molecule has 0 fully saturated rings. The molecule has 0 saturated carbocycles. The summed E-state index contributed by atoms with van der Waals surface area (Å²) < 4.78 is 34.3. The molecule has 0 bridgehead atoms. The highest BCUT2D eigenvalue weighted by molar-refractivity contribution is 7.07. The topological polar surface area (TPSA) is 210 Å². The normalized spacial score (nSPS) is 13.8. The van der Waals surface area contributed by atoms with E-state index in [4.69, 9.17) is 23.7 Å². The number of hydrogen-bond acceptors (Lipinski definition) is 15. The predicted octanol–water partition coefficient (Wildman–Crippen LogP) is 4.37. The molecule has 5 rings (SSSR count). The van der Waals surface area contributed by atoms with Gasteiger partial charge in [-0.05, 0) is 68.3 Å². The number of methoxy groups -OCH3 is 2. The molecule has 276 valence electrons. The van der Waals surface area contributed by atoms with E-state index in [0.29, 0.717) is 21.6 Å². The zero-order chi connectivity index (χ0) is 38.4. The number of nitro groups is 2. The van der Waals surface area contributed by atoms with E-state index in [1.807, 2.05) is 0 Å². The summed E-state index contributed by atoms with van der Waals surface area (Å²) in [6, 6.07) is 11.4. The quantitative estimate of drug-likeness (QED) is 0.0998. The lowest BCUT2D eigenvalue weighted by Gasteiger charge is -2.25. The van der Waals surface area contributed by atoms with Crippen LogP contribution in [0.3, 0.4) is 0 Å². The highest BCUT2D eigenvalue weighted by Gasteiger charge is 2.34. The fourth-order valence-electron chi connectivity index (χ4n) is 5.36. The molecule has 0 saturated heterocycles. The molecular formula is C35H32N4O13S. The van der Waals surface area contributed by atoms with Gasteiger partial charge in [0.05, 0.1) is 65.2 Å². The smallest absolute Gasteiger partial charge is 0.343 e. The Morgan fingerprint density at radius 2 is 1.64 bits per heavy atom. The molecule has 53 heavy (non-hydrogen) atoms. The number of allylic oxidation sites excluding steroid dienone is 1. The molecule has 1 aliphatic heterocycles. The van der Waals surface area contributed by atoms with Crippen molar-refractivity contribution in [3.8, 4) is 28.7 Å². The summed E-state index contributed by atoms with van der Waals surface area (Å²) in [7, 11) is 2.59. The Kier molecular flexibility index (Phi) is 11.5. The van der Waals surface area contributed by atoms with E-state index in [9.17, 15) is 34.6 Å². The number of carbonyl (C=O) groups excluding carboxylic acids is 2. The summed E-state index contributed by atoms with van der Waals surface area (Å²) >= 11 is 1.08. The van der Waals surface area contributed by atoms with Crippen LogP contribution in [0.2, 0.25) is 0 Å². The van der Waals surface area contributed by atoms with Gasteiger partial charge in [0.1, 0.15) is 0 Å². The molecule has 0 unspecified atom stereocenters. The minimum absolute atomic E-state index is 0.0712. The molecule has 4 aromatic rings. The highest BCUT2D eigenvalue weighted by Crippen LogP contribution is 2.39. The molecule has 0 amide bonds. The number of thiazole rings is 1. The number of nitrogens with zero attached hydrogens (tertiary/aromatic N) is 4. The second kappa shape index (κ2) is 16.2. The molecule has 0 radical (unpaired) electrons. The van der Waals surface area contributed by atoms with Gasteiger partial charge in [-0.2, -0.15) is 0 Å². The number of fused-ring (bicyclic) bond motifs is 1. The summed E-state index contributed by atoms with van der Waals surface area (Å²) in [5, 5.41) is 22.8. The second-order valence-corrected chi connectivity index (χ2v) is 12.0. The van der Waals surface area contributed by atoms with Gasteiger partial charge in [-0.15, -0.1) is 0 Å². The number of rotatable bonds is 14. The van der Waals surface area contributed by atoms with Crippen LogP contribution in [-0.4, -0.2) is 60.4 Å². The van der Waals surface area contributed by atoms with Crippen molar-refractivity contribution in [1.82, 2.24) is 4.57 Å². The number of benzene rings is 3. The van der Waals surface area contributed by atoms with Crippen LogP contribution in [-0.2, 0) is 19.1 Å². The summed E-state index contributed by atoms with van der Waals surface area (Å²) in [5.74, 6) is -0.773. The third-order valence-electron chi connectivity index (χ3n) is 7.73. The van der Waals surface area contributed by atoms with Crippen LogP contribution in [0.15, 0.2) is 75.7 Å². The minimum Gasteiger partial charge on any atom is -0.493 e. The van der Waals surface area contributed by atoms with Crippen molar-refractivity contribution in [2.45, 2.75) is 26.8 Å². The summed E-state index contributed by atoms with van der Waals surface area (Å²) in [6.07, 6.45) is 1.58. The number of esters is 2. The van der Waals surface area contributed by atoms with E-state index in [0.717, 1.165) is 29.5 Å². The first-order valence-electron chi connectivity index (χ1n) is 15.8. The monoisotopic (exact) mass is 748 g/mol. The van der Waals surface area contributed by atoms with E-state index in [1.54, 1.807) is 57.2 Å². The van der Waals surface area contributed by atoms with Gasteiger partial charge in [0.15, 0.2) is 34.4 Å². The van der Waals surface area contributed by atoms with Crippen molar-refractivity contribution in [2.24, 2.45) is 4.99 Å². The Hall–Kier alpha value is -6.56. The average molecular weight is 749 g/mol. The predicted molar refractivity (Wildman–Crippen MR) is 188 cm³/mol. The van der Waals surface area contributed by atoms with Crippen molar-refractivity contribution >= 4 is 40.7 Å². The molecule has 1 aromatic heterocycles. The maximum Gasteiger partial charge on any atom is 0.343 e. The Balaban J connectivity index is 1.59. The van der Waals surface area contributed by atoms with E-state index >= 15 is 0 Å². The van der Waals surface area contributed by atoms with Crippen LogP contribution < -0.4 is 33.8 Å². The van der Waals surface area contributed by atoms with Gasteiger partial charge in [0.25, 0.3) is 11.2 Å². The van der Waals surface area contributed by atoms with E-state index in [-0.39, 0.29) is 58.7 Å². The van der Waals surface area contributed by atoms with Gasteiger partial charge in [0, 0.05) is 6.07 Å². The highest BCUT2D eigenvalue weighted by atomic mass is 32.1. The number of ether oxygens (including phenoxy) is 6. The third kappa shape index (κ3) is 8.01. The largest absolute Gasteiger partial charge is 0.493 e. The van der Waals surface area contributed by atoms with E-state index in [2.05, 4.69) is 9.73 Å². The van der Waals surface area contributed by atoms with Crippen LogP contribution in [0.25, 0.3) is 6.08 Å². The lowest BCUT2D eigenvalue weighted by atomic mass is 9.95. The Bertz CT molecular complexity index is 2330. The zero-order valence-corrected chi connectivity index (χ0v) is 29.8. The van der Waals surface area contributed by atoms with Crippen molar-refractivity contribution < 1.29 is 47.9 Å². The number of non-ortho nitro benzene ring substituents is 1. The first-order valence-corrected chi connectivity index (χ1v) is 16.7. The first-order chi connectivity index (χ1) is 25.4. The maximum atomic E-state index is 14.2. The van der Waals surface area contributed by atoms with Gasteiger partial charge < -0.3 is 28.4 Å².